The van der Waals surface area contributed by atoms with Gasteiger partial charge in [0.15, 0.2) is 0 Å². The summed E-state index contributed by atoms with van der Waals surface area (Å²) in [5.41, 5.74) is 11.3. The number of rotatable bonds is 6. The topological polar surface area (TPSA) is 71.7 Å². The first kappa shape index (κ1) is 18.1. The summed E-state index contributed by atoms with van der Waals surface area (Å²) in [6.07, 6.45) is 3.92. The predicted molar refractivity (Wildman–Crippen MR) is 105 cm³/mol. The van der Waals surface area contributed by atoms with E-state index in [1.54, 1.807) is 0 Å². The Morgan fingerprint density at radius 2 is 1.96 bits per heavy atom. The van der Waals surface area contributed by atoms with Gasteiger partial charge in [-0.15, -0.1) is 0 Å². The van der Waals surface area contributed by atoms with Crippen molar-refractivity contribution in [2.75, 3.05) is 25.0 Å². The Hall–Kier alpha value is -2.66. The minimum Gasteiger partial charge on any atom is -0.508 e. The molecular weight excluding hydrogens is 324 g/mol. The molecule has 1 saturated heterocycles. The van der Waals surface area contributed by atoms with Crippen LogP contribution in [-0.2, 0) is 0 Å². The maximum absolute atomic E-state index is 9.93. The molecule has 5 nitrogen and oxygen atoms in total. The van der Waals surface area contributed by atoms with Crippen LogP contribution in [0.4, 0.5) is 5.69 Å². The van der Waals surface area contributed by atoms with Crippen LogP contribution in [0.2, 0.25) is 0 Å². The lowest BCUT2D eigenvalue weighted by Gasteiger charge is -2.32. The van der Waals surface area contributed by atoms with E-state index in [1.807, 2.05) is 55.6 Å². The van der Waals surface area contributed by atoms with Gasteiger partial charge in [0.05, 0.1) is 5.70 Å². The highest BCUT2D eigenvalue weighted by Gasteiger charge is 2.21. The van der Waals surface area contributed by atoms with Crippen LogP contribution < -0.4 is 5.32 Å². The molecule has 0 aromatic heterocycles. The maximum atomic E-state index is 9.93. The van der Waals surface area contributed by atoms with E-state index in [1.165, 1.54) is 5.56 Å². The number of hydrogen-bond donors (Lipinski definition) is 3. The average Bonchev–Trinajstić information content (AvgIpc) is 2.68. The summed E-state index contributed by atoms with van der Waals surface area (Å²) in [6.45, 7) is 4.54. The van der Waals surface area contributed by atoms with Gasteiger partial charge in [-0.2, -0.15) is 5.11 Å². The van der Waals surface area contributed by atoms with Crippen molar-refractivity contribution in [2.24, 2.45) is 5.11 Å². The predicted octanol–water partition coefficient (Wildman–Crippen LogP) is 4.86. The van der Waals surface area contributed by atoms with Gasteiger partial charge in [-0.25, -0.2) is 5.53 Å². The Kier molecular flexibility index (Phi) is 6.02. The molecule has 26 heavy (non-hydrogen) atoms. The zero-order valence-electron chi connectivity index (χ0n) is 15.2. The fraction of sp³-hybridized carbons (Fsp3) is 0.333. The minimum atomic E-state index is 0.384. The van der Waals surface area contributed by atoms with Gasteiger partial charge in [-0.1, -0.05) is 30.3 Å². The first-order chi connectivity index (χ1) is 12.7. The Morgan fingerprint density at radius 3 is 2.62 bits per heavy atom. The van der Waals surface area contributed by atoms with E-state index in [0.29, 0.717) is 18.2 Å². The number of nitrogens with zero attached hydrogens (tertiary/aromatic N) is 2. The van der Waals surface area contributed by atoms with Crippen molar-refractivity contribution in [1.82, 2.24) is 4.90 Å². The zero-order valence-corrected chi connectivity index (χ0v) is 15.2. The van der Waals surface area contributed by atoms with Gasteiger partial charge in [0.2, 0.25) is 0 Å². The van der Waals surface area contributed by atoms with Gasteiger partial charge in [0.25, 0.3) is 0 Å². The molecule has 136 valence electrons. The normalized spacial score (nSPS) is 16.4. The number of nitrogens with one attached hydrogen (secondary N) is 2. The van der Waals surface area contributed by atoms with Gasteiger partial charge < -0.3 is 10.4 Å². The third-order valence-electron chi connectivity index (χ3n) is 5.00. The average molecular weight is 350 g/mol. The molecule has 2 aromatic rings. The van der Waals surface area contributed by atoms with Crippen LogP contribution in [0.25, 0.3) is 0 Å². The summed E-state index contributed by atoms with van der Waals surface area (Å²) in [6, 6.07) is 15.9. The van der Waals surface area contributed by atoms with Crippen molar-refractivity contribution in [3.05, 3.63) is 71.6 Å². The fourth-order valence-corrected chi connectivity index (χ4v) is 3.35. The first-order valence-electron chi connectivity index (χ1n) is 9.05. The second-order valence-corrected chi connectivity index (χ2v) is 6.85. The molecule has 1 aliphatic rings. The number of benzene rings is 2. The Balaban J connectivity index is 1.53. The van der Waals surface area contributed by atoms with E-state index >= 15 is 0 Å². The van der Waals surface area contributed by atoms with Crippen LogP contribution in [0.15, 0.2) is 65.5 Å². The number of para-hydroxylation sites is 1. The first-order valence-corrected chi connectivity index (χ1v) is 9.05. The number of aryl methyl sites for hydroxylation is 1. The molecule has 0 unspecified atom stereocenters. The van der Waals surface area contributed by atoms with Gasteiger partial charge in [0.1, 0.15) is 5.75 Å². The van der Waals surface area contributed by atoms with Crippen LogP contribution >= 0.6 is 0 Å². The number of likely N-dealkylation sites (tertiary alicyclic amines) is 1. The van der Waals surface area contributed by atoms with Crippen molar-refractivity contribution >= 4 is 5.69 Å². The second kappa shape index (κ2) is 8.63. The van der Waals surface area contributed by atoms with Crippen LogP contribution in [0, 0.1) is 12.5 Å². The summed E-state index contributed by atoms with van der Waals surface area (Å²) < 4.78 is 0. The van der Waals surface area contributed by atoms with E-state index in [0.717, 1.165) is 42.9 Å². The maximum Gasteiger partial charge on any atom is 0.118 e. The third kappa shape index (κ3) is 4.70. The highest BCUT2D eigenvalue weighted by Crippen LogP contribution is 2.31. The molecule has 0 spiro atoms. The van der Waals surface area contributed by atoms with Crippen molar-refractivity contribution in [3.8, 4) is 5.75 Å². The van der Waals surface area contributed by atoms with Gasteiger partial charge in [-0.3, -0.25) is 4.90 Å². The zero-order chi connectivity index (χ0) is 18.4. The molecule has 3 rings (SSSR count). The molecule has 5 heteroatoms. The smallest absolute Gasteiger partial charge is 0.118 e. The fourth-order valence-electron chi connectivity index (χ4n) is 3.35. The number of anilines is 1. The Morgan fingerprint density at radius 1 is 1.23 bits per heavy atom. The van der Waals surface area contributed by atoms with Crippen molar-refractivity contribution in [2.45, 2.75) is 25.7 Å². The summed E-state index contributed by atoms with van der Waals surface area (Å²) in [4.78, 5) is 2.33. The van der Waals surface area contributed by atoms with Crippen molar-refractivity contribution in [3.63, 3.8) is 0 Å². The number of aromatic hydroxyl groups is 1. The third-order valence-corrected chi connectivity index (χ3v) is 5.00. The molecule has 1 aliphatic heterocycles. The Labute approximate surface area is 154 Å². The van der Waals surface area contributed by atoms with E-state index in [9.17, 15) is 5.11 Å². The summed E-state index contributed by atoms with van der Waals surface area (Å²) in [7, 11) is 0. The summed E-state index contributed by atoms with van der Waals surface area (Å²) in [5.74, 6) is 0.871. The monoisotopic (exact) mass is 350 g/mol. The molecule has 3 N–H and O–H groups in total. The SMILES string of the molecule is Cc1ccc(C2CCN(C/C(=C/Nc3ccccc3)N=N)CC2)cc1O. The quantitative estimate of drug-likeness (QED) is 0.651. The molecule has 0 amide bonds. The molecule has 0 atom stereocenters. The van der Waals surface area contributed by atoms with E-state index < -0.39 is 0 Å². The molecule has 0 bridgehead atoms. The molecular formula is C21H26N4O. The lowest BCUT2D eigenvalue weighted by atomic mass is 9.89. The standard InChI is InChI=1S/C21H26N4O/c1-16-7-8-18(13-21(16)26)17-9-11-25(12-10-17)15-20(24-22)14-23-19-5-3-2-4-6-19/h2-8,13-14,17,22-23,26H,9-12,15H2,1H3/b20-14-,24-22?. The minimum absolute atomic E-state index is 0.384. The molecule has 1 heterocycles. The van der Waals surface area contributed by atoms with Crippen molar-refractivity contribution < 1.29 is 5.11 Å². The van der Waals surface area contributed by atoms with Gasteiger partial charge >= 0.3 is 0 Å². The Bertz CT molecular complexity index is 765. The van der Waals surface area contributed by atoms with Crippen LogP contribution in [0.5, 0.6) is 5.75 Å². The second-order valence-electron chi connectivity index (χ2n) is 6.85. The lowest BCUT2D eigenvalue weighted by molar-refractivity contribution is 0.227. The summed E-state index contributed by atoms with van der Waals surface area (Å²) >= 11 is 0. The van der Waals surface area contributed by atoms with Crippen LogP contribution in [-0.4, -0.2) is 29.6 Å². The van der Waals surface area contributed by atoms with Crippen LogP contribution in [0.3, 0.4) is 0 Å². The van der Waals surface area contributed by atoms with Crippen molar-refractivity contribution in [1.29, 1.82) is 5.53 Å². The summed E-state index contributed by atoms with van der Waals surface area (Å²) in [5, 5.41) is 16.8. The molecule has 0 radical (unpaired) electrons. The van der Waals surface area contributed by atoms with E-state index in [2.05, 4.69) is 21.4 Å². The van der Waals surface area contributed by atoms with Crippen LogP contribution in [0.1, 0.15) is 29.9 Å². The molecule has 0 aliphatic carbocycles. The van der Waals surface area contributed by atoms with E-state index in [4.69, 9.17) is 5.53 Å². The van der Waals surface area contributed by atoms with Gasteiger partial charge in [0, 0.05) is 18.4 Å². The molecule has 1 fully saturated rings. The number of phenols is 1. The van der Waals surface area contributed by atoms with E-state index in [-0.39, 0.29) is 0 Å². The van der Waals surface area contributed by atoms with Gasteiger partial charge in [-0.05, 0) is 68.1 Å². The molecule has 2 aromatic carbocycles. The molecule has 0 saturated carbocycles. The highest BCUT2D eigenvalue weighted by molar-refractivity contribution is 5.45. The number of phenolic OH excluding ortho intramolecular Hbond substituents is 1. The highest BCUT2D eigenvalue weighted by atomic mass is 16.3. The number of piperidine rings is 1. The largest absolute Gasteiger partial charge is 0.508 e. The number of hydrogen-bond acceptors (Lipinski definition) is 5. The lowest BCUT2D eigenvalue weighted by Crippen LogP contribution is -2.34.